The Bertz CT molecular complexity index is 436. The summed E-state index contributed by atoms with van der Waals surface area (Å²) in [7, 11) is 1.68. The lowest BCUT2D eigenvalue weighted by molar-refractivity contribution is -0.121. The molecule has 1 aromatic rings. The molecule has 118 valence electrons. The van der Waals surface area contributed by atoms with Crippen LogP contribution in [0.25, 0.3) is 0 Å². The molecule has 0 heterocycles. The van der Waals surface area contributed by atoms with E-state index in [1.807, 2.05) is 25.1 Å². The number of nitrogens with one attached hydrogen (secondary N) is 1. The van der Waals surface area contributed by atoms with Crippen LogP contribution < -0.4 is 15.8 Å². The first-order valence-corrected chi connectivity index (χ1v) is 7.35. The van der Waals surface area contributed by atoms with Gasteiger partial charge in [0.05, 0.1) is 6.61 Å². The molecule has 0 aromatic heterocycles. The largest absolute Gasteiger partial charge is 0.493 e. The molecule has 0 saturated heterocycles. The highest BCUT2D eigenvalue weighted by molar-refractivity contribution is 5.75. The average molecular weight is 294 g/mol. The lowest BCUT2D eigenvalue weighted by Crippen LogP contribution is -2.23. The van der Waals surface area contributed by atoms with Crippen LogP contribution in [0.15, 0.2) is 18.2 Å². The number of hydrogen-bond acceptors (Lipinski definition) is 4. The fourth-order valence-electron chi connectivity index (χ4n) is 1.87. The van der Waals surface area contributed by atoms with E-state index in [9.17, 15) is 4.79 Å². The Morgan fingerprint density at radius 2 is 2.10 bits per heavy atom. The van der Waals surface area contributed by atoms with Gasteiger partial charge in [-0.25, -0.2) is 0 Å². The van der Waals surface area contributed by atoms with Crippen LogP contribution in [0.3, 0.4) is 0 Å². The molecular weight excluding hydrogens is 268 g/mol. The first-order valence-electron chi connectivity index (χ1n) is 7.35. The molecule has 21 heavy (non-hydrogen) atoms. The number of carbonyl (C=O) groups is 1. The Hall–Kier alpha value is -1.59. The standard InChI is InChI=1S/C16H26N2O3/c1-13-6-7-14(12-18-16(19)5-3-8-17)15(11-13)21-10-4-9-20-2/h6-7,11H,3-5,8-10,12,17H2,1-2H3,(H,18,19). The summed E-state index contributed by atoms with van der Waals surface area (Å²) in [6, 6.07) is 6.00. The molecule has 1 rings (SSSR count). The van der Waals surface area contributed by atoms with Crippen molar-refractivity contribution < 1.29 is 14.3 Å². The SMILES string of the molecule is COCCCOc1cc(C)ccc1CNC(=O)CCCN. The second kappa shape index (κ2) is 10.2. The Balaban J connectivity index is 2.53. The van der Waals surface area contributed by atoms with Gasteiger partial charge in [-0.15, -0.1) is 0 Å². The van der Waals surface area contributed by atoms with Gasteiger partial charge in [0.2, 0.25) is 5.91 Å². The van der Waals surface area contributed by atoms with Crippen molar-refractivity contribution in [3.05, 3.63) is 29.3 Å². The number of ether oxygens (including phenoxy) is 2. The molecule has 0 aliphatic rings. The first kappa shape index (κ1) is 17.5. The number of nitrogens with two attached hydrogens (primary N) is 1. The lowest BCUT2D eigenvalue weighted by Gasteiger charge is -2.13. The highest BCUT2D eigenvalue weighted by atomic mass is 16.5. The fourth-order valence-corrected chi connectivity index (χ4v) is 1.87. The number of aryl methyl sites for hydroxylation is 1. The molecule has 3 N–H and O–H groups in total. The number of methoxy groups -OCH3 is 1. The van der Waals surface area contributed by atoms with E-state index in [0.29, 0.717) is 39.1 Å². The van der Waals surface area contributed by atoms with Crippen LogP contribution in [0.1, 0.15) is 30.4 Å². The molecule has 1 aromatic carbocycles. The van der Waals surface area contributed by atoms with Gasteiger partial charge < -0.3 is 20.5 Å². The van der Waals surface area contributed by atoms with Crippen LogP contribution in [0.5, 0.6) is 5.75 Å². The third kappa shape index (κ3) is 7.11. The smallest absolute Gasteiger partial charge is 0.220 e. The number of rotatable bonds is 10. The summed E-state index contributed by atoms with van der Waals surface area (Å²) in [5.41, 5.74) is 7.51. The summed E-state index contributed by atoms with van der Waals surface area (Å²) in [6.45, 7) is 4.31. The Labute approximate surface area is 126 Å². The maximum Gasteiger partial charge on any atom is 0.220 e. The molecular formula is C16H26N2O3. The highest BCUT2D eigenvalue weighted by Crippen LogP contribution is 2.20. The molecule has 5 heteroatoms. The van der Waals surface area contributed by atoms with Gasteiger partial charge >= 0.3 is 0 Å². The van der Waals surface area contributed by atoms with E-state index in [1.165, 1.54) is 0 Å². The third-order valence-corrected chi connectivity index (χ3v) is 3.06. The summed E-state index contributed by atoms with van der Waals surface area (Å²) in [5.74, 6) is 0.844. The number of hydrogen-bond donors (Lipinski definition) is 2. The van der Waals surface area contributed by atoms with Gasteiger partial charge in [0.25, 0.3) is 0 Å². The summed E-state index contributed by atoms with van der Waals surface area (Å²) in [4.78, 5) is 11.6. The summed E-state index contributed by atoms with van der Waals surface area (Å²) in [5, 5.41) is 2.90. The van der Waals surface area contributed by atoms with Crippen molar-refractivity contribution in [1.82, 2.24) is 5.32 Å². The van der Waals surface area contributed by atoms with Crippen molar-refractivity contribution in [3.63, 3.8) is 0 Å². The summed E-state index contributed by atoms with van der Waals surface area (Å²) >= 11 is 0. The molecule has 5 nitrogen and oxygen atoms in total. The predicted octanol–water partition coefficient (Wildman–Crippen LogP) is 1.77. The second-order valence-corrected chi connectivity index (χ2v) is 4.97. The van der Waals surface area contributed by atoms with Crippen molar-refractivity contribution in [2.45, 2.75) is 32.7 Å². The molecule has 0 saturated carbocycles. The molecule has 0 unspecified atom stereocenters. The molecule has 0 radical (unpaired) electrons. The molecule has 0 atom stereocenters. The van der Waals surface area contributed by atoms with Crippen LogP contribution in [0.4, 0.5) is 0 Å². The van der Waals surface area contributed by atoms with Gasteiger partial charge in [0, 0.05) is 38.7 Å². The van der Waals surface area contributed by atoms with Crippen molar-refractivity contribution in [3.8, 4) is 5.75 Å². The molecule has 1 amide bonds. The van der Waals surface area contributed by atoms with Gasteiger partial charge in [0.15, 0.2) is 0 Å². The Morgan fingerprint density at radius 1 is 1.29 bits per heavy atom. The minimum atomic E-state index is 0.0198. The molecule has 0 aliphatic carbocycles. The van der Waals surface area contributed by atoms with Crippen LogP contribution in [-0.4, -0.2) is 32.8 Å². The maximum atomic E-state index is 11.6. The van der Waals surface area contributed by atoms with Crippen LogP contribution >= 0.6 is 0 Å². The van der Waals surface area contributed by atoms with E-state index >= 15 is 0 Å². The van der Waals surface area contributed by atoms with Gasteiger partial charge in [-0.2, -0.15) is 0 Å². The lowest BCUT2D eigenvalue weighted by atomic mass is 10.1. The van der Waals surface area contributed by atoms with E-state index in [-0.39, 0.29) is 5.91 Å². The van der Waals surface area contributed by atoms with E-state index in [2.05, 4.69) is 5.32 Å². The summed E-state index contributed by atoms with van der Waals surface area (Å²) in [6.07, 6.45) is 2.01. The molecule has 0 fully saturated rings. The monoisotopic (exact) mass is 294 g/mol. The van der Waals surface area contributed by atoms with Gasteiger partial charge in [-0.05, 0) is 31.5 Å². The Morgan fingerprint density at radius 3 is 2.81 bits per heavy atom. The zero-order valence-electron chi connectivity index (χ0n) is 13.0. The van der Waals surface area contributed by atoms with Crippen LogP contribution in [0.2, 0.25) is 0 Å². The Kier molecular flexibility index (Phi) is 8.47. The second-order valence-electron chi connectivity index (χ2n) is 4.97. The number of amides is 1. The average Bonchev–Trinajstić information content (AvgIpc) is 2.48. The van der Waals surface area contributed by atoms with Gasteiger partial charge in [-0.1, -0.05) is 12.1 Å². The zero-order chi connectivity index (χ0) is 15.5. The molecule has 0 spiro atoms. The fraction of sp³-hybridized carbons (Fsp3) is 0.562. The minimum absolute atomic E-state index is 0.0198. The van der Waals surface area contributed by atoms with E-state index in [1.54, 1.807) is 7.11 Å². The van der Waals surface area contributed by atoms with Crippen molar-refractivity contribution in [2.24, 2.45) is 5.73 Å². The molecule has 0 bridgehead atoms. The highest BCUT2D eigenvalue weighted by Gasteiger charge is 2.06. The predicted molar refractivity (Wildman–Crippen MR) is 83.3 cm³/mol. The van der Waals surface area contributed by atoms with Crippen molar-refractivity contribution >= 4 is 5.91 Å². The number of benzene rings is 1. The maximum absolute atomic E-state index is 11.6. The van der Waals surface area contributed by atoms with Crippen LogP contribution in [0, 0.1) is 6.92 Å². The summed E-state index contributed by atoms with van der Waals surface area (Å²) < 4.78 is 10.8. The van der Waals surface area contributed by atoms with Crippen LogP contribution in [-0.2, 0) is 16.1 Å². The number of carbonyl (C=O) groups excluding carboxylic acids is 1. The quantitative estimate of drug-likeness (QED) is 0.645. The molecule has 0 aliphatic heterocycles. The van der Waals surface area contributed by atoms with E-state index in [0.717, 1.165) is 23.3 Å². The van der Waals surface area contributed by atoms with E-state index in [4.69, 9.17) is 15.2 Å². The van der Waals surface area contributed by atoms with Gasteiger partial charge in [-0.3, -0.25) is 4.79 Å². The van der Waals surface area contributed by atoms with Crippen molar-refractivity contribution in [2.75, 3.05) is 26.9 Å². The van der Waals surface area contributed by atoms with Crippen molar-refractivity contribution in [1.29, 1.82) is 0 Å². The zero-order valence-corrected chi connectivity index (χ0v) is 13.0. The normalized spacial score (nSPS) is 10.4. The topological polar surface area (TPSA) is 73.6 Å². The van der Waals surface area contributed by atoms with Gasteiger partial charge in [0.1, 0.15) is 5.75 Å². The minimum Gasteiger partial charge on any atom is -0.493 e. The third-order valence-electron chi connectivity index (χ3n) is 3.06. The first-order chi connectivity index (χ1) is 10.2. The van der Waals surface area contributed by atoms with E-state index < -0.39 is 0 Å².